The Morgan fingerprint density at radius 2 is 1.83 bits per heavy atom. The molecular weight excluding hydrogens is 393 g/mol. The number of nitrogens with two attached hydrogens (primary N) is 2. The number of amides is 2. The lowest BCUT2D eigenvalue weighted by atomic mass is 10.0. The van der Waals surface area contributed by atoms with Crippen molar-refractivity contribution < 1.29 is 14.0 Å². The van der Waals surface area contributed by atoms with E-state index in [1.54, 1.807) is 6.92 Å². The predicted octanol–water partition coefficient (Wildman–Crippen LogP) is 2.60. The Balaban J connectivity index is 2.33. The van der Waals surface area contributed by atoms with E-state index in [2.05, 4.69) is 10.6 Å². The molecule has 1 unspecified atom stereocenters. The average molecular weight is 415 g/mol. The van der Waals surface area contributed by atoms with Crippen molar-refractivity contribution in [3.8, 4) is 0 Å². The molecule has 0 saturated heterocycles. The number of hydrogen-bond acceptors (Lipinski definition) is 5. The Bertz CT molecular complexity index is 949. The Labute approximate surface area is 173 Å². The molecule has 0 aliphatic heterocycles. The summed E-state index contributed by atoms with van der Waals surface area (Å²) in [6.45, 7) is 1.58. The molecule has 0 spiro atoms. The van der Waals surface area contributed by atoms with Crippen LogP contribution in [0.5, 0.6) is 0 Å². The minimum atomic E-state index is -0.880. The van der Waals surface area contributed by atoms with Crippen molar-refractivity contribution in [3.63, 3.8) is 0 Å². The first-order valence-corrected chi connectivity index (χ1v) is 9.15. The summed E-state index contributed by atoms with van der Waals surface area (Å²) in [7, 11) is 0. The van der Waals surface area contributed by atoms with Gasteiger partial charge in [0.1, 0.15) is 11.9 Å². The van der Waals surface area contributed by atoms with Gasteiger partial charge < -0.3 is 27.5 Å². The Kier molecular flexibility index (Phi) is 7.38. The molecule has 1 atom stereocenters. The molecule has 0 aliphatic rings. The lowest BCUT2D eigenvalue weighted by molar-refractivity contribution is -0.118. The Hall–Kier alpha value is -3.33. The summed E-state index contributed by atoms with van der Waals surface area (Å²) in [5, 5.41) is 13.1. The van der Waals surface area contributed by atoms with Gasteiger partial charge in [0.2, 0.25) is 5.91 Å². The standard InChI is InChI=1S/C20H22FN5O2S/c1-11(22)7-18(29)26-15-10-16(14(21)9-13(15)19(23)27)25-17(20(24)28)8-12-5-3-2-4-6-12/h2-6,9-10,17,22,25H,7-8H2,1H3,(H2,23,27)(H2,24,28)(H,26,29). The van der Waals surface area contributed by atoms with E-state index in [0.717, 1.165) is 11.6 Å². The van der Waals surface area contributed by atoms with Crippen LogP contribution in [0.4, 0.5) is 15.8 Å². The van der Waals surface area contributed by atoms with Crippen LogP contribution in [-0.2, 0) is 11.2 Å². The number of nitrogens with one attached hydrogen (secondary N) is 3. The molecule has 9 heteroatoms. The van der Waals surface area contributed by atoms with Gasteiger partial charge in [0.15, 0.2) is 0 Å². The zero-order valence-electron chi connectivity index (χ0n) is 15.8. The average Bonchev–Trinajstić information content (AvgIpc) is 2.63. The second-order valence-electron chi connectivity index (χ2n) is 6.54. The van der Waals surface area contributed by atoms with Gasteiger partial charge >= 0.3 is 0 Å². The first kappa shape index (κ1) is 22.0. The zero-order valence-corrected chi connectivity index (χ0v) is 16.6. The molecule has 0 radical (unpaired) electrons. The van der Waals surface area contributed by atoms with E-state index in [9.17, 15) is 14.0 Å². The van der Waals surface area contributed by atoms with Crippen LogP contribution in [0.25, 0.3) is 0 Å². The van der Waals surface area contributed by atoms with Gasteiger partial charge in [-0.1, -0.05) is 42.5 Å². The Morgan fingerprint density at radius 3 is 2.38 bits per heavy atom. The quantitative estimate of drug-likeness (QED) is 0.317. The predicted molar refractivity (Wildman–Crippen MR) is 116 cm³/mol. The zero-order chi connectivity index (χ0) is 21.6. The first-order chi connectivity index (χ1) is 13.7. The first-order valence-electron chi connectivity index (χ1n) is 8.74. The topological polar surface area (TPSA) is 134 Å². The van der Waals surface area contributed by atoms with Gasteiger partial charge in [0.25, 0.3) is 5.91 Å². The normalized spacial score (nSPS) is 11.4. The minimum Gasteiger partial charge on any atom is -0.371 e. The van der Waals surface area contributed by atoms with Crippen LogP contribution in [-0.4, -0.2) is 28.6 Å². The van der Waals surface area contributed by atoms with E-state index in [4.69, 9.17) is 29.1 Å². The maximum absolute atomic E-state index is 14.6. The van der Waals surface area contributed by atoms with Crippen molar-refractivity contribution in [1.82, 2.24) is 0 Å². The molecule has 0 bridgehead atoms. The smallest absolute Gasteiger partial charge is 0.250 e. The summed E-state index contributed by atoms with van der Waals surface area (Å²) in [4.78, 5) is 23.8. The highest BCUT2D eigenvalue weighted by Gasteiger charge is 2.20. The molecule has 0 saturated carbocycles. The summed E-state index contributed by atoms with van der Waals surface area (Å²) in [6, 6.07) is 10.5. The molecule has 2 rings (SSSR count). The third kappa shape index (κ3) is 6.35. The van der Waals surface area contributed by atoms with Gasteiger partial charge in [0, 0.05) is 18.6 Å². The molecule has 0 fully saturated rings. The molecule has 0 aliphatic carbocycles. The summed E-state index contributed by atoms with van der Waals surface area (Å²) in [5.41, 5.74) is 12.0. The van der Waals surface area contributed by atoms with Gasteiger partial charge in [-0.3, -0.25) is 9.59 Å². The summed E-state index contributed by atoms with van der Waals surface area (Å²) < 4.78 is 14.6. The third-order valence-electron chi connectivity index (χ3n) is 4.03. The number of hydrogen-bond donors (Lipinski definition) is 5. The van der Waals surface area contributed by atoms with Crippen LogP contribution >= 0.6 is 12.2 Å². The van der Waals surface area contributed by atoms with E-state index in [-0.39, 0.29) is 34.8 Å². The van der Waals surface area contributed by atoms with E-state index in [1.165, 1.54) is 6.07 Å². The van der Waals surface area contributed by atoms with E-state index in [1.807, 2.05) is 30.3 Å². The largest absolute Gasteiger partial charge is 0.371 e. The maximum Gasteiger partial charge on any atom is 0.250 e. The van der Waals surface area contributed by atoms with Gasteiger partial charge in [-0.2, -0.15) is 0 Å². The highest BCUT2D eigenvalue weighted by atomic mass is 32.1. The number of carbonyl (C=O) groups is 2. The second kappa shape index (κ2) is 9.74. The fraction of sp³-hybridized carbons (Fsp3) is 0.200. The van der Waals surface area contributed by atoms with Crippen LogP contribution in [0.2, 0.25) is 0 Å². The number of benzene rings is 2. The van der Waals surface area contributed by atoms with Crippen molar-refractivity contribution in [1.29, 1.82) is 5.41 Å². The van der Waals surface area contributed by atoms with Crippen molar-refractivity contribution in [3.05, 3.63) is 59.4 Å². The van der Waals surface area contributed by atoms with E-state index in [0.29, 0.717) is 5.71 Å². The summed E-state index contributed by atoms with van der Waals surface area (Å²) in [5.74, 6) is -2.27. The molecule has 7 N–H and O–H groups in total. The second-order valence-corrected chi connectivity index (χ2v) is 7.03. The van der Waals surface area contributed by atoms with Crippen LogP contribution < -0.4 is 22.1 Å². The fourth-order valence-electron chi connectivity index (χ4n) is 2.69. The van der Waals surface area contributed by atoms with E-state index < -0.39 is 23.7 Å². The van der Waals surface area contributed by atoms with Crippen LogP contribution in [0, 0.1) is 11.2 Å². The molecule has 29 heavy (non-hydrogen) atoms. The van der Waals surface area contributed by atoms with E-state index >= 15 is 0 Å². The van der Waals surface area contributed by atoms with Gasteiger partial charge in [-0.05, 0) is 24.6 Å². The number of halogens is 1. The maximum atomic E-state index is 14.6. The van der Waals surface area contributed by atoms with Crippen molar-refractivity contribution in [2.75, 3.05) is 10.6 Å². The molecule has 152 valence electrons. The summed E-state index contributed by atoms with van der Waals surface area (Å²) in [6.07, 6.45) is 0.424. The van der Waals surface area contributed by atoms with Crippen molar-refractivity contribution >= 4 is 46.1 Å². The molecule has 0 aromatic heterocycles. The molecular formula is C20H22FN5O2S. The molecule has 2 aromatic carbocycles. The monoisotopic (exact) mass is 415 g/mol. The molecule has 0 heterocycles. The van der Waals surface area contributed by atoms with Crippen molar-refractivity contribution in [2.45, 2.75) is 25.8 Å². The van der Waals surface area contributed by atoms with Crippen LogP contribution in [0.3, 0.4) is 0 Å². The van der Waals surface area contributed by atoms with Crippen LogP contribution in [0.15, 0.2) is 42.5 Å². The van der Waals surface area contributed by atoms with Gasteiger partial charge in [-0.15, -0.1) is 0 Å². The number of thiocarbonyl (C=S) groups is 1. The third-order valence-corrected chi connectivity index (χ3v) is 4.27. The lowest BCUT2D eigenvalue weighted by Crippen LogP contribution is -2.37. The fourth-order valence-corrected chi connectivity index (χ4v) is 3.01. The lowest BCUT2D eigenvalue weighted by Gasteiger charge is -2.19. The SMILES string of the molecule is CC(=N)CC(=S)Nc1cc(NC(Cc2ccccc2)C(N)=O)c(F)cc1C(N)=O. The minimum absolute atomic E-state index is 0.0355. The Morgan fingerprint density at radius 1 is 1.17 bits per heavy atom. The van der Waals surface area contributed by atoms with Crippen LogP contribution in [0.1, 0.15) is 29.3 Å². The molecule has 7 nitrogen and oxygen atoms in total. The highest BCUT2D eigenvalue weighted by Crippen LogP contribution is 2.26. The van der Waals surface area contributed by atoms with Gasteiger partial charge in [-0.25, -0.2) is 4.39 Å². The molecule has 2 amide bonds. The van der Waals surface area contributed by atoms with Crippen molar-refractivity contribution in [2.24, 2.45) is 11.5 Å². The molecule has 2 aromatic rings. The highest BCUT2D eigenvalue weighted by molar-refractivity contribution is 7.80. The number of primary amides is 2. The number of carbonyl (C=O) groups excluding carboxylic acids is 2. The number of anilines is 2. The van der Waals surface area contributed by atoms with Gasteiger partial charge in [0.05, 0.1) is 21.9 Å². The summed E-state index contributed by atoms with van der Waals surface area (Å²) >= 11 is 5.16. The number of rotatable bonds is 9.